The van der Waals surface area contributed by atoms with Crippen molar-refractivity contribution >= 4 is 45.8 Å². The lowest BCUT2D eigenvalue weighted by Crippen LogP contribution is -2.20. The third-order valence-electron chi connectivity index (χ3n) is 7.74. The topological polar surface area (TPSA) is 52.0 Å². The predicted octanol–water partition coefficient (Wildman–Crippen LogP) is 9.59. The van der Waals surface area contributed by atoms with Crippen molar-refractivity contribution in [2.45, 2.75) is 0 Å². The molecular weight excluding hydrogens is 536 g/mol. The molecule has 4 nitrogen and oxygen atoms in total. The molecule has 0 bridgehead atoms. The molecule has 1 aliphatic rings. The molecular formula is C40H30N4. The highest BCUT2D eigenvalue weighted by Crippen LogP contribution is 2.37. The molecule has 0 saturated carbocycles. The summed E-state index contributed by atoms with van der Waals surface area (Å²) in [5.74, 6) is 0. The van der Waals surface area contributed by atoms with E-state index in [2.05, 4.69) is 106 Å². The third kappa shape index (κ3) is 5.33. The highest BCUT2D eigenvalue weighted by Gasteiger charge is 2.24. The SMILES string of the molecule is N=C(/C(=C1\NC(c2ccccn2)=Cc2ccccc21)c1ccccc1)c1ccc(N(c2ccccc2)c2ccccc2)cc1. The molecule has 44 heavy (non-hydrogen) atoms. The van der Waals surface area contributed by atoms with Gasteiger partial charge in [-0.3, -0.25) is 10.4 Å². The van der Waals surface area contributed by atoms with Crippen LogP contribution < -0.4 is 10.2 Å². The second-order valence-electron chi connectivity index (χ2n) is 10.5. The second kappa shape index (κ2) is 12.1. The lowest BCUT2D eigenvalue weighted by Gasteiger charge is -2.27. The summed E-state index contributed by atoms with van der Waals surface area (Å²) in [4.78, 5) is 6.84. The van der Waals surface area contributed by atoms with Gasteiger partial charge in [0.25, 0.3) is 0 Å². The van der Waals surface area contributed by atoms with Crippen LogP contribution in [0.3, 0.4) is 0 Å². The van der Waals surface area contributed by atoms with Crippen molar-refractivity contribution in [3.05, 3.63) is 192 Å². The van der Waals surface area contributed by atoms with E-state index in [1.165, 1.54) is 0 Å². The molecule has 1 aliphatic heterocycles. The third-order valence-corrected chi connectivity index (χ3v) is 7.74. The Morgan fingerprint density at radius 3 is 1.75 bits per heavy atom. The van der Waals surface area contributed by atoms with Crippen LogP contribution in [0.1, 0.15) is 27.9 Å². The van der Waals surface area contributed by atoms with E-state index < -0.39 is 0 Å². The maximum absolute atomic E-state index is 9.63. The van der Waals surface area contributed by atoms with Crippen molar-refractivity contribution in [1.29, 1.82) is 5.41 Å². The Hall–Kier alpha value is -6.00. The average molecular weight is 567 g/mol. The van der Waals surface area contributed by atoms with E-state index in [1.54, 1.807) is 6.20 Å². The van der Waals surface area contributed by atoms with Gasteiger partial charge in [0, 0.05) is 40.0 Å². The van der Waals surface area contributed by atoms with E-state index in [9.17, 15) is 5.41 Å². The summed E-state index contributed by atoms with van der Waals surface area (Å²) in [5.41, 5.74) is 11.0. The Kier molecular flexibility index (Phi) is 7.38. The summed E-state index contributed by atoms with van der Waals surface area (Å²) in [7, 11) is 0. The molecule has 5 aromatic carbocycles. The zero-order valence-corrected chi connectivity index (χ0v) is 24.1. The summed E-state index contributed by atoms with van der Waals surface area (Å²) in [5, 5.41) is 13.3. The fraction of sp³-hybridized carbons (Fsp3) is 0. The van der Waals surface area contributed by atoms with Gasteiger partial charge in [-0.2, -0.15) is 0 Å². The smallest absolute Gasteiger partial charge is 0.0864 e. The molecule has 0 aliphatic carbocycles. The number of para-hydroxylation sites is 2. The van der Waals surface area contributed by atoms with E-state index >= 15 is 0 Å². The monoisotopic (exact) mass is 566 g/mol. The normalized spacial score (nSPS) is 13.2. The molecule has 0 atom stereocenters. The molecule has 4 heteroatoms. The number of pyridine rings is 1. The van der Waals surface area contributed by atoms with Crippen LogP contribution in [0.4, 0.5) is 17.1 Å². The van der Waals surface area contributed by atoms with Crippen LogP contribution in [0.15, 0.2) is 164 Å². The Labute approximate surface area is 257 Å². The number of nitrogens with one attached hydrogen (secondary N) is 2. The Balaban J connectivity index is 1.34. The first kappa shape index (κ1) is 26.9. The number of aromatic nitrogens is 1. The molecule has 0 amide bonds. The van der Waals surface area contributed by atoms with Gasteiger partial charge in [0.15, 0.2) is 0 Å². The van der Waals surface area contributed by atoms with Crippen LogP contribution in [0.5, 0.6) is 0 Å². The first-order valence-corrected chi connectivity index (χ1v) is 14.6. The number of rotatable bonds is 7. The number of benzene rings is 5. The molecule has 6 aromatic rings. The highest BCUT2D eigenvalue weighted by molar-refractivity contribution is 6.36. The van der Waals surface area contributed by atoms with Gasteiger partial charge in [-0.25, -0.2) is 0 Å². The van der Waals surface area contributed by atoms with Gasteiger partial charge in [0.2, 0.25) is 0 Å². The molecule has 0 fully saturated rings. The van der Waals surface area contributed by atoms with E-state index in [4.69, 9.17) is 0 Å². The molecule has 0 spiro atoms. The van der Waals surface area contributed by atoms with E-state index in [1.807, 2.05) is 72.8 Å². The van der Waals surface area contributed by atoms with Crippen molar-refractivity contribution in [1.82, 2.24) is 10.3 Å². The van der Waals surface area contributed by atoms with Crippen LogP contribution in [0.2, 0.25) is 0 Å². The summed E-state index contributed by atoms with van der Waals surface area (Å²) in [6.45, 7) is 0. The van der Waals surface area contributed by atoms with Crippen molar-refractivity contribution in [2.75, 3.05) is 4.90 Å². The van der Waals surface area contributed by atoms with Gasteiger partial charge in [-0.15, -0.1) is 0 Å². The van der Waals surface area contributed by atoms with Gasteiger partial charge in [0.1, 0.15) is 0 Å². The van der Waals surface area contributed by atoms with Gasteiger partial charge < -0.3 is 10.2 Å². The molecule has 2 N–H and O–H groups in total. The highest BCUT2D eigenvalue weighted by atomic mass is 15.1. The van der Waals surface area contributed by atoms with Gasteiger partial charge in [-0.05, 0) is 65.7 Å². The number of nitrogens with zero attached hydrogens (tertiary/aromatic N) is 2. The molecule has 7 rings (SSSR count). The van der Waals surface area contributed by atoms with E-state index in [-0.39, 0.29) is 0 Å². The predicted molar refractivity (Wildman–Crippen MR) is 183 cm³/mol. The minimum Gasteiger partial charge on any atom is -0.353 e. The average Bonchev–Trinajstić information content (AvgIpc) is 3.10. The Morgan fingerprint density at radius 1 is 0.545 bits per heavy atom. The van der Waals surface area contributed by atoms with Crippen LogP contribution in [-0.4, -0.2) is 10.7 Å². The standard InChI is InChI=1S/C40H30N4/c41-39(30-23-25-34(26-24-30)44(32-17-6-2-7-18-32)33-19-8-3-9-20-33)38(29-14-4-1-5-15-29)40-35-21-11-10-16-31(35)28-37(43-40)36-22-12-13-27-42-36/h1-28,41,43H/b40-38-,41-39?. The van der Waals surface area contributed by atoms with Crippen molar-refractivity contribution in [3.63, 3.8) is 0 Å². The van der Waals surface area contributed by atoms with Crippen molar-refractivity contribution in [3.8, 4) is 0 Å². The molecule has 210 valence electrons. The van der Waals surface area contributed by atoms with Crippen LogP contribution in [0.25, 0.3) is 23.0 Å². The quantitative estimate of drug-likeness (QED) is 0.189. The molecule has 2 heterocycles. The summed E-state index contributed by atoms with van der Waals surface area (Å²) in [6.07, 6.45) is 3.93. The molecule has 0 radical (unpaired) electrons. The van der Waals surface area contributed by atoms with Crippen molar-refractivity contribution < 1.29 is 0 Å². The lowest BCUT2D eigenvalue weighted by atomic mass is 9.88. The second-order valence-corrected chi connectivity index (χ2v) is 10.5. The number of anilines is 3. The van der Waals surface area contributed by atoms with E-state index in [0.29, 0.717) is 5.71 Å². The number of fused-ring (bicyclic) bond motifs is 1. The van der Waals surface area contributed by atoms with Crippen LogP contribution in [0, 0.1) is 5.41 Å². The zero-order valence-electron chi connectivity index (χ0n) is 24.1. The maximum Gasteiger partial charge on any atom is 0.0864 e. The summed E-state index contributed by atoms with van der Waals surface area (Å²) < 4.78 is 0. The lowest BCUT2D eigenvalue weighted by molar-refractivity contribution is 1.16. The Bertz CT molecular complexity index is 1920. The largest absolute Gasteiger partial charge is 0.353 e. The first-order chi connectivity index (χ1) is 21.8. The fourth-order valence-electron chi connectivity index (χ4n) is 5.64. The summed E-state index contributed by atoms with van der Waals surface area (Å²) >= 11 is 0. The zero-order chi connectivity index (χ0) is 29.7. The molecule has 0 saturated heterocycles. The minimum atomic E-state index is 0.438. The van der Waals surface area contributed by atoms with Gasteiger partial charge >= 0.3 is 0 Å². The van der Waals surface area contributed by atoms with Crippen LogP contribution >= 0.6 is 0 Å². The number of hydrogen-bond donors (Lipinski definition) is 2. The number of allylic oxidation sites excluding steroid dienone is 1. The van der Waals surface area contributed by atoms with Crippen molar-refractivity contribution in [2.24, 2.45) is 0 Å². The minimum absolute atomic E-state index is 0.438. The maximum atomic E-state index is 9.63. The van der Waals surface area contributed by atoms with Gasteiger partial charge in [-0.1, -0.05) is 109 Å². The first-order valence-electron chi connectivity index (χ1n) is 14.6. The molecule has 1 aromatic heterocycles. The summed E-state index contributed by atoms with van der Waals surface area (Å²) in [6, 6.07) is 53.4. The van der Waals surface area contributed by atoms with E-state index in [0.717, 1.165) is 62.0 Å². The van der Waals surface area contributed by atoms with Gasteiger partial charge in [0.05, 0.1) is 22.8 Å². The Morgan fingerprint density at radius 2 is 1.11 bits per heavy atom. The number of hydrogen-bond acceptors (Lipinski definition) is 4. The molecule has 0 unspecified atom stereocenters. The van der Waals surface area contributed by atoms with Crippen LogP contribution in [-0.2, 0) is 0 Å². The fourth-order valence-corrected chi connectivity index (χ4v) is 5.64.